The highest BCUT2D eigenvalue weighted by atomic mass is 32.2. The van der Waals surface area contributed by atoms with Crippen molar-refractivity contribution in [3.8, 4) is 0 Å². The van der Waals surface area contributed by atoms with Crippen LogP contribution in [0.2, 0.25) is 0 Å². The monoisotopic (exact) mass is 217 g/mol. The smallest absolute Gasteiger partial charge is 0.0695 e. The van der Waals surface area contributed by atoms with Crippen LogP contribution in [0.15, 0.2) is 0 Å². The Balaban J connectivity index is 1.99. The first-order valence-electron chi connectivity index (χ1n) is 5.45. The zero-order valence-corrected chi connectivity index (χ0v) is 9.25. The number of rotatable bonds is 2. The van der Waals surface area contributed by atoms with Crippen LogP contribution >= 0.6 is 11.8 Å². The SMILES string of the molecule is OCC1CSCCN1[C@H]1CCC[C@@H]1O. The van der Waals surface area contributed by atoms with Gasteiger partial charge in [-0.05, 0) is 19.3 Å². The highest BCUT2D eigenvalue weighted by Crippen LogP contribution is 2.28. The topological polar surface area (TPSA) is 43.7 Å². The van der Waals surface area contributed by atoms with Gasteiger partial charge in [0.25, 0.3) is 0 Å². The molecule has 1 aliphatic heterocycles. The minimum Gasteiger partial charge on any atom is -0.395 e. The van der Waals surface area contributed by atoms with E-state index in [-0.39, 0.29) is 18.8 Å². The number of hydrogen-bond acceptors (Lipinski definition) is 4. The molecule has 82 valence electrons. The van der Waals surface area contributed by atoms with Crippen LogP contribution in [0.4, 0.5) is 0 Å². The van der Waals surface area contributed by atoms with E-state index in [4.69, 9.17) is 0 Å². The first-order valence-corrected chi connectivity index (χ1v) is 6.61. The Kier molecular flexibility index (Phi) is 3.71. The third kappa shape index (κ3) is 2.08. The van der Waals surface area contributed by atoms with Crippen molar-refractivity contribution in [1.82, 2.24) is 4.90 Å². The molecule has 2 fully saturated rings. The molecule has 1 heterocycles. The first kappa shape index (κ1) is 10.7. The summed E-state index contributed by atoms with van der Waals surface area (Å²) in [4.78, 5) is 2.33. The molecule has 3 atom stereocenters. The quantitative estimate of drug-likeness (QED) is 0.699. The highest BCUT2D eigenvalue weighted by molar-refractivity contribution is 7.99. The van der Waals surface area contributed by atoms with E-state index in [1.54, 1.807) is 0 Å². The van der Waals surface area contributed by atoms with Gasteiger partial charge in [0.2, 0.25) is 0 Å². The van der Waals surface area contributed by atoms with Crippen LogP contribution in [-0.4, -0.2) is 58.0 Å². The summed E-state index contributed by atoms with van der Waals surface area (Å²) in [6.45, 7) is 1.26. The van der Waals surface area contributed by atoms with Gasteiger partial charge in [-0.25, -0.2) is 0 Å². The molecular weight excluding hydrogens is 198 g/mol. The molecule has 1 aliphatic carbocycles. The van der Waals surface area contributed by atoms with Crippen LogP contribution in [0.5, 0.6) is 0 Å². The summed E-state index contributed by atoms with van der Waals surface area (Å²) in [7, 11) is 0. The molecule has 1 saturated carbocycles. The standard InChI is InChI=1S/C10H19NO2S/c12-6-8-7-14-5-4-11(8)9-2-1-3-10(9)13/h8-10,12-13H,1-7H2/t8?,9-,10-/m0/s1. The summed E-state index contributed by atoms with van der Waals surface area (Å²) in [5.74, 6) is 2.15. The van der Waals surface area contributed by atoms with E-state index in [1.807, 2.05) is 11.8 Å². The Hall–Kier alpha value is 0.230. The van der Waals surface area contributed by atoms with Gasteiger partial charge in [0.15, 0.2) is 0 Å². The second kappa shape index (κ2) is 4.84. The summed E-state index contributed by atoms with van der Waals surface area (Å²) < 4.78 is 0. The van der Waals surface area contributed by atoms with Crippen LogP contribution in [0.3, 0.4) is 0 Å². The fourth-order valence-corrected chi connectivity index (χ4v) is 3.65. The van der Waals surface area contributed by atoms with Crippen LogP contribution in [0.1, 0.15) is 19.3 Å². The normalized spacial score (nSPS) is 40.3. The Morgan fingerprint density at radius 2 is 2.21 bits per heavy atom. The number of nitrogens with zero attached hydrogens (tertiary/aromatic N) is 1. The largest absolute Gasteiger partial charge is 0.395 e. The predicted octanol–water partition coefficient (Wildman–Crippen LogP) is 0.310. The fourth-order valence-electron chi connectivity index (χ4n) is 2.57. The third-order valence-electron chi connectivity index (χ3n) is 3.35. The molecule has 0 amide bonds. The average molecular weight is 217 g/mol. The zero-order chi connectivity index (χ0) is 9.97. The first-order chi connectivity index (χ1) is 6.83. The molecular formula is C10H19NO2S. The molecule has 0 aromatic carbocycles. The van der Waals surface area contributed by atoms with Crippen molar-refractivity contribution in [2.24, 2.45) is 0 Å². The fraction of sp³-hybridized carbons (Fsp3) is 1.00. The molecule has 0 spiro atoms. The van der Waals surface area contributed by atoms with E-state index in [0.717, 1.165) is 37.3 Å². The van der Waals surface area contributed by atoms with Gasteiger partial charge in [-0.3, -0.25) is 4.90 Å². The molecule has 2 aliphatic rings. The van der Waals surface area contributed by atoms with Crippen molar-refractivity contribution < 1.29 is 10.2 Å². The van der Waals surface area contributed by atoms with Crippen molar-refractivity contribution >= 4 is 11.8 Å². The molecule has 0 radical (unpaired) electrons. The lowest BCUT2D eigenvalue weighted by molar-refractivity contribution is 0.0326. The van der Waals surface area contributed by atoms with Gasteiger partial charge in [-0.2, -0.15) is 11.8 Å². The predicted molar refractivity (Wildman–Crippen MR) is 58.6 cm³/mol. The van der Waals surface area contributed by atoms with E-state index in [0.29, 0.717) is 6.04 Å². The number of aliphatic hydroxyl groups is 2. The lowest BCUT2D eigenvalue weighted by atomic mass is 10.1. The van der Waals surface area contributed by atoms with Crippen LogP contribution < -0.4 is 0 Å². The Morgan fingerprint density at radius 1 is 1.36 bits per heavy atom. The van der Waals surface area contributed by atoms with E-state index in [1.165, 1.54) is 0 Å². The van der Waals surface area contributed by atoms with Gasteiger partial charge >= 0.3 is 0 Å². The number of thioether (sulfide) groups is 1. The van der Waals surface area contributed by atoms with Crippen molar-refractivity contribution in [3.05, 3.63) is 0 Å². The minimum absolute atomic E-state index is 0.160. The summed E-state index contributed by atoms with van der Waals surface area (Å²) >= 11 is 1.91. The molecule has 2 N–H and O–H groups in total. The van der Waals surface area contributed by atoms with Gasteiger partial charge in [-0.15, -0.1) is 0 Å². The van der Waals surface area contributed by atoms with E-state index in [2.05, 4.69) is 4.90 Å². The van der Waals surface area contributed by atoms with Gasteiger partial charge < -0.3 is 10.2 Å². The lowest BCUT2D eigenvalue weighted by Gasteiger charge is -2.39. The molecule has 0 aromatic rings. The number of hydrogen-bond donors (Lipinski definition) is 2. The molecule has 4 heteroatoms. The Labute approximate surface area is 89.5 Å². The molecule has 0 bridgehead atoms. The van der Waals surface area contributed by atoms with Crippen molar-refractivity contribution in [1.29, 1.82) is 0 Å². The molecule has 2 rings (SSSR count). The molecule has 1 saturated heterocycles. The highest BCUT2D eigenvalue weighted by Gasteiger charge is 2.35. The second-order valence-electron chi connectivity index (χ2n) is 4.21. The van der Waals surface area contributed by atoms with Crippen molar-refractivity contribution in [2.75, 3.05) is 24.7 Å². The van der Waals surface area contributed by atoms with Gasteiger partial charge in [-0.1, -0.05) is 0 Å². The maximum Gasteiger partial charge on any atom is 0.0695 e. The summed E-state index contributed by atoms with van der Waals surface area (Å²) in [5.41, 5.74) is 0. The minimum atomic E-state index is -0.160. The van der Waals surface area contributed by atoms with E-state index in [9.17, 15) is 10.2 Å². The lowest BCUT2D eigenvalue weighted by Crippen LogP contribution is -2.52. The van der Waals surface area contributed by atoms with Gasteiger partial charge in [0, 0.05) is 30.1 Å². The summed E-state index contributed by atoms with van der Waals surface area (Å²) in [6.07, 6.45) is 3.01. The molecule has 14 heavy (non-hydrogen) atoms. The van der Waals surface area contributed by atoms with Gasteiger partial charge in [0.05, 0.1) is 12.7 Å². The van der Waals surface area contributed by atoms with Crippen molar-refractivity contribution in [3.63, 3.8) is 0 Å². The Morgan fingerprint density at radius 3 is 2.86 bits per heavy atom. The average Bonchev–Trinajstić information content (AvgIpc) is 2.64. The molecule has 1 unspecified atom stereocenters. The van der Waals surface area contributed by atoms with Crippen molar-refractivity contribution in [2.45, 2.75) is 37.5 Å². The maximum atomic E-state index is 9.82. The Bertz CT molecular complexity index is 191. The third-order valence-corrected chi connectivity index (χ3v) is 4.45. The van der Waals surface area contributed by atoms with E-state index >= 15 is 0 Å². The molecule has 0 aromatic heterocycles. The van der Waals surface area contributed by atoms with Gasteiger partial charge in [0.1, 0.15) is 0 Å². The van der Waals surface area contributed by atoms with Crippen LogP contribution in [0, 0.1) is 0 Å². The number of aliphatic hydroxyl groups excluding tert-OH is 2. The van der Waals surface area contributed by atoms with E-state index < -0.39 is 0 Å². The maximum absolute atomic E-state index is 9.82. The van der Waals surface area contributed by atoms with Crippen LogP contribution in [-0.2, 0) is 0 Å². The molecule has 3 nitrogen and oxygen atoms in total. The second-order valence-corrected chi connectivity index (χ2v) is 5.36. The summed E-state index contributed by atoms with van der Waals surface area (Å²) in [6, 6.07) is 0.583. The summed E-state index contributed by atoms with van der Waals surface area (Å²) in [5, 5.41) is 19.1. The van der Waals surface area contributed by atoms with Crippen LogP contribution in [0.25, 0.3) is 0 Å². The zero-order valence-electron chi connectivity index (χ0n) is 8.43.